The van der Waals surface area contributed by atoms with E-state index in [0.717, 1.165) is 10.3 Å². The van der Waals surface area contributed by atoms with Gasteiger partial charge in [-0.2, -0.15) is 0 Å². The van der Waals surface area contributed by atoms with Gasteiger partial charge in [-0.3, -0.25) is 5.10 Å². The molecule has 0 atom stereocenters. The summed E-state index contributed by atoms with van der Waals surface area (Å²) in [7, 11) is 0. The summed E-state index contributed by atoms with van der Waals surface area (Å²) in [6.45, 7) is 4.10. The van der Waals surface area contributed by atoms with Gasteiger partial charge in [-0.1, -0.05) is 13.8 Å². The monoisotopic (exact) mass is 267 g/mol. The molecule has 15 heavy (non-hydrogen) atoms. The van der Waals surface area contributed by atoms with Gasteiger partial charge in [0, 0.05) is 18.3 Å². The van der Waals surface area contributed by atoms with E-state index >= 15 is 0 Å². The number of hydrogen-bond donors (Lipinski definition) is 1. The van der Waals surface area contributed by atoms with Gasteiger partial charge in [0.1, 0.15) is 5.82 Å². The largest absolute Gasteiger partial charge is 0.262 e. The van der Waals surface area contributed by atoms with Crippen LogP contribution in [0.15, 0.2) is 16.9 Å². The molecule has 0 spiro atoms. The van der Waals surface area contributed by atoms with Crippen molar-refractivity contribution in [1.29, 1.82) is 0 Å². The quantitative estimate of drug-likeness (QED) is 0.906. The van der Waals surface area contributed by atoms with Crippen molar-refractivity contribution in [3.63, 3.8) is 0 Å². The number of hydrogen-bond acceptors (Lipinski definition) is 4. The van der Waals surface area contributed by atoms with Crippen molar-refractivity contribution in [2.75, 3.05) is 0 Å². The molecule has 6 heteroatoms. The summed E-state index contributed by atoms with van der Waals surface area (Å²) in [5, 5.41) is 6.93. The van der Waals surface area contributed by atoms with E-state index in [2.05, 4.69) is 41.1 Å². The van der Waals surface area contributed by atoms with E-state index in [-0.39, 0.29) is 0 Å². The Morgan fingerprint density at radius 2 is 1.87 bits per heavy atom. The van der Waals surface area contributed by atoms with Crippen molar-refractivity contribution in [2.24, 2.45) is 0 Å². The molecule has 0 unspecified atom stereocenters. The lowest BCUT2D eigenvalue weighted by Crippen LogP contribution is -1.91. The number of nitrogens with zero attached hydrogens (tertiary/aromatic N) is 4. The van der Waals surface area contributed by atoms with E-state index in [1.807, 2.05) is 13.8 Å². The van der Waals surface area contributed by atoms with Gasteiger partial charge in [0.05, 0.1) is 4.47 Å². The highest BCUT2D eigenvalue weighted by Crippen LogP contribution is 2.14. The molecule has 0 radical (unpaired) electrons. The summed E-state index contributed by atoms with van der Waals surface area (Å²) < 4.78 is 0.839. The van der Waals surface area contributed by atoms with Crippen LogP contribution in [-0.2, 0) is 0 Å². The van der Waals surface area contributed by atoms with Crippen LogP contribution in [0.25, 0.3) is 11.6 Å². The fourth-order valence-electron chi connectivity index (χ4n) is 1.06. The summed E-state index contributed by atoms with van der Waals surface area (Å²) in [5.74, 6) is 2.23. The Labute approximate surface area is 95.5 Å². The van der Waals surface area contributed by atoms with Crippen molar-refractivity contribution in [3.05, 3.63) is 22.7 Å². The normalized spacial score (nSPS) is 10.9. The molecule has 0 bridgehead atoms. The third-order valence-corrected chi connectivity index (χ3v) is 2.28. The molecule has 0 saturated carbocycles. The van der Waals surface area contributed by atoms with Gasteiger partial charge in [0.25, 0.3) is 0 Å². The fraction of sp³-hybridized carbons (Fsp3) is 0.333. The van der Waals surface area contributed by atoms with Crippen LogP contribution >= 0.6 is 15.9 Å². The topological polar surface area (TPSA) is 67.3 Å². The molecule has 2 rings (SSSR count). The van der Waals surface area contributed by atoms with Crippen LogP contribution in [0.3, 0.4) is 0 Å². The highest BCUT2D eigenvalue weighted by molar-refractivity contribution is 9.10. The van der Waals surface area contributed by atoms with Crippen molar-refractivity contribution < 1.29 is 0 Å². The standard InChI is InChI=1S/C9H10BrN5/c1-5(2)7-13-9(15-14-7)8-11-3-6(10)4-12-8/h3-5H,1-2H3,(H,13,14,15). The summed E-state index contributed by atoms with van der Waals surface area (Å²) in [6, 6.07) is 0. The minimum atomic E-state index is 0.321. The van der Waals surface area contributed by atoms with Crippen molar-refractivity contribution in [1.82, 2.24) is 25.1 Å². The summed E-state index contributed by atoms with van der Waals surface area (Å²) >= 11 is 3.27. The zero-order valence-electron chi connectivity index (χ0n) is 8.40. The Morgan fingerprint density at radius 3 is 2.40 bits per heavy atom. The van der Waals surface area contributed by atoms with Crippen LogP contribution in [-0.4, -0.2) is 25.1 Å². The molecule has 0 aliphatic rings. The van der Waals surface area contributed by atoms with Gasteiger partial charge in [-0.05, 0) is 15.9 Å². The molecule has 0 fully saturated rings. The summed E-state index contributed by atoms with van der Waals surface area (Å²) in [4.78, 5) is 12.5. The maximum atomic E-state index is 4.30. The minimum Gasteiger partial charge on any atom is -0.262 e. The zero-order valence-corrected chi connectivity index (χ0v) is 9.98. The highest BCUT2D eigenvalue weighted by atomic mass is 79.9. The zero-order chi connectivity index (χ0) is 10.8. The van der Waals surface area contributed by atoms with E-state index in [1.54, 1.807) is 12.4 Å². The molecule has 2 heterocycles. The number of halogens is 1. The predicted molar refractivity (Wildman–Crippen MR) is 59.2 cm³/mol. The van der Waals surface area contributed by atoms with Gasteiger partial charge in [0.2, 0.25) is 5.82 Å². The molecule has 0 amide bonds. The summed E-state index contributed by atoms with van der Waals surface area (Å²) in [5.41, 5.74) is 0. The third-order valence-electron chi connectivity index (χ3n) is 1.87. The molecule has 5 nitrogen and oxygen atoms in total. The number of aromatic amines is 1. The minimum absolute atomic E-state index is 0.321. The maximum Gasteiger partial charge on any atom is 0.218 e. The fourth-order valence-corrected chi connectivity index (χ4v) is 1.27. The molecule has 0 aliphatic carbocycles. The van der Waals surface area contributed by atoms with Gasteiger partial charge >= 0.3 is 0 Å². The molecule has 0 aromatic carbocycles. The Bertz CT molecular complexity index is 448. The maximum absolute atomic E-state index is 4.30. The second kappa shape index (κ2) is 4.06. The van der Waals surface area contributed by atoms with Gasteiger partial charge < -0.3 is 0 Å². The number of aromatic nitrogens is 5. The Kier molecular flexibility index (Phi) is 2.77. The first-order valence-electron chi connectivity index (χ1n) is 4.57. The van der Waals surface area contributed by atoms with E-state index in [9.17, 15) is 0 Å². The molecular weight excluding hydrogens is 258 g/mol. The van der Waals surface area contributed by atoms with E-state index < -0.39 is 0 Å². The predicted octanol–water partition coefficient (Wildman–Crippen LogP) is 2.15. The number of nitrogens with one attached hydrogen (secondary N) is 1. The SMILES string of the molecule is CC(C)c1nc(-c2ncc(Br)cn2)n[nH]1. The van der Waals surface area contributed by atoms with Crippen LogP contribution < -0.4 is 0 Å². The average Bonchev–Trinajstić information content (AvgIpc) is 2.68. The van der Waals surface area contributed by atoms with E-state index in [4.69, 9.17) is 0 Å². The van der Waals surface area contributed by atoms with Gasteiger partial charge in [0.15, 0.2) is 5.82 Å². The summed E-state index contributed by atoms with van der Waals surface area (Å²) in [6.07, 6.45) is 3.35. The van der Waals surface area contributed by atoms with Crippen molar-refractivity contribution in [2.45, 2.75) is 19.8 Å². The van der Waals surface area contributed by atoms with Crippen LogP contribution in [0.1, 0.15) is 25.6 Å². The Hall–Kier alpha value is -1.30. The lowest BCUT2D eigenvalue weighted by molar-refractivity contribution is 0.781. The third kappa shape index (κ3) is 2.20. The van der Waals surface area contributed by atoms with Crippen LogP contribution in [0, 0.1) is 0 Å². The lowest BCUT2D eigenvalue weighted by Gasteiger charge is -1.95. The number of rotatable bonds is 2. The van der Waals surface area contributed by atoms with Crippen LogP contribution in [0.4, 0.5) is 0 Å². The highest BCUT2D eigenvalue weighted by Gasteiger charge is 2.10. The first-order valence-corrected chi connectivity index (χ1v) is 5.36. The average molecular weight is 268 g/mol. The molecule has 0 saturated heterocycles. The molecule has 1 N–H and O–H groups in total. The molecular formula is C9H10BrN5. The Morgan fingerprint density at radius 1 is 1.20 bits per heavy atom. The second-order valence-electron chi connectivity index (χ2n) is 3.42. The molecule has 2 aromatic rings. The van der Waals surface area contributed by atoms with E-state index in [1.165, 1.54) is 0 Å². The molecule has 0 aliphatic heterocycles. The lowest BCUT2D eigenvalue weighted by atomic mass is 10.2. The molecule has 2 aromatic heterocycles. The van der Waals surface area contributed by atoms with Gasteiger partial charge in [-0.15, -0.1) is 5.10 Å². The smallest absolute Gasteiger partial charge is 0.218 e. The Balaban J connectivity index is 2.33. The van der Waals surface area contributed by atoms with Crippen molar-refractivity contribution >= 4 is 15.9 Å². The van der Waals surface area contributed by atoms with E-state index in [0.29, 0.717) is 17.6 Å². The van der Waals surface area contributed by atoms with Gasteiger partial charge in [-0.25, -0.2) is 15.0 Å². The van der Waals surface area contributed by atoms with Crippen molar-refractivity contribution in [3.8, 4) is 11.6 Å². The molecule has 78 valence electrons. The first-order chi connectivity index (χ1) is 7.16. The van der Waals surface area contributed by atoms with Crippen LogP contribution in [0.2, 0.25) is 0 Å². The second-order valence-corrected chi connectivity index (χ2v) is 4.34. The first kappa shape index (κ1) is 10.2. The van der Waals surface area contributed by atoms with Crippen LogP contribution in [0.5, 0.6) is 0 Å². The number of H-pyrrole nitrogens is 1.